The third-order valence-electron chi connectivity index (χ3n) is 7.09. The van der Waals surface area contributed by atoms with Crippen LogP contribution in [0.2, 0.25) is 0 Å². The van der Waals surface area contributed by atoms with Crippen molar-refractivity contribution < 1.29 is 19.1 Å². The second-order valence-electron chi connectivity index (χ2n) is 9.20. The average molecular weight is 514 g/mol. The van der Waals surface area contributed by atoms with Crippen LogP contribution in [0.5, 0.6) is 11.5 Å². The lowest BCUT2D eigenvalue weighted by Gasteiger charge is -2.28. The van der Waals surface area contributed by atoms with Gasteiger partial charge in [0.15, 0.2) is 11.5 Å². The number of ether oxygens (including phenoxy) is 2. The Bertz CT molecular complexity index is 1520. The molecule has 0 aliphatic carbocycles. The van der Waals surface area contributed by atoms with E-state index in [4.69, 9.17) is 9.47 Å². The number of hydrogen-bond donors (Lipinski definition) is 2. The molecule has 1 aromatic heterocycles. The Balaban J connectivity index is 1.25. The molecule has 8 heteroatoms. The highest BCUT2D eigenvalue weighted by Gasteiger charge is 2.33. The van der Waals surface area contributed by atoms with E-state index in [0.717, 1.165) is 53.0 Å². The molecule has 0 fully saturated rings. The Morgan fingerprint density at radius 3 is 2.76 bits per heavy atom. The molecule has 7 nitrogen and oxygen atoms in total. The predicted molar refractivity (Wildman–Crippen MR) is 145 cm³/mol. The lowest BCUT2D eigenvalue weighted by atomic mass is 10.0. The molecule has 2 aliphatic rings. The van der Waals surface area contributed by atoms with Crippen LogP contribution >= 0.6 is 11.3 Å². The fraction of sp³-hybridized carbons (Fsp3) is 0.241. The van der Waals surface area contributed by atoms with Gasteiger partial charge in [-0.1, -0.05) is 49.4 Å². The number of carbonyl (C=O) groups is 2. The van der Waals surface area contributed by atoms with Crippen LogP contribution in [0.15, 0.2) is 60.7 Å². The molecule has 37 heavy (non-hydrogen) atoms. The normalized spacial score (nSPS) is 16.9. The van der Waals surface area contributed by atoms with E-state index >= 15 is 0 Å². The molecular weight excluding hydrogens is 486 g/mol. The standard InChI is InChI=1S/C29H27N3O4S/c1-3-32-14-13-21-24(16-32)37-28-25(21)27(33)30-26(31-28)18-11-12-22(23(15-18)35-2)36-29(34)20-10-6-8-17-7-4-5-9-19(17)20/h4-12,15,26,31H,3,13-14,16H2,1-2H3,(H,30,33)/t26-/m0/s1. The number of amides is 1. The number of methoxy groups -OCH3 is 1. The predicted octanol–water partition coefficient (Wildman–Crippen LogP) is 5.36. The van der Waals surface area contributed by atoms with Crippen molar-refractivity contribution in [2.24, 2.45) is 0 Å². The van der Waals surface area contributed by atoms with E-state index in [-0.39, 0.29) is 5.91 Å². The number of esters is 1. The van der Waals surface area contributed by atoms with E-state index < -0.39 is 12.1 Å². The summed E-state index contributed by atoms with van der Waals surface area (Å²) >= 11 is 1.66. The van der Waals surface area contributed by atoms with Crippen molar-refractivity contribution >= 4 is 39.0 Å². The Kier molecular flexibility index (Phi) is 6.06. The molecule has 0 radical (unpaired) electrons. The third-order valence-corrected chi connectivity index (χ3v) is 8.24. The molecule has 3 aromatic carbocycles. The Hall–Kier alpha value is -3.88. The number of thiophene rings is 1. The van der Waals surface area contributed by atoms with Crippen LogP contribution in [0, 0.1) is 0 Å². The maximum absolute atomic E-state index is 13.1. The summed E-state index contributed by atoms with van der Waals surface area (Å²) in [6.07, 6.45) is 0.471. The van der Waals surface area contributed by atoms with Gasteiger partial charge in [0.25, 0.3) is 5.91 Å². The van der Waals surface area contributed by atoms with E-state index in [1.807, 2.05) is 42.5 Å². The second-order valence-corrected chi connectivity index (χ2v) is 10.3. The van der Waals surface area contributed by atoms with Gasteiger partial charge in [-0.3, -0.25) is 9.69 Å². The molecule has 2 N–H and O–H groups in total. The number of anilines is 1. The van der Waals surface area contributed by atoms with Gasteiger partial charge in [0, 0.05) is 18.0 Å². The maximum atomic E-state index is 13.1. The average Bonchev–Trinajstić information content (AvgIpc) is 3.31. The highest BCUT2D eigenvalue weighted by Crippen LogP contribution is 2.41. The van der Waals surface area contributed by atoms with Crippen LogP contribution in [-0.4, -0.2) is 37.0 Å². The van der Waals surface area contributed by atoms with E-state index in [0.29, 0.717) is 17.1 Å². The van der Waals surface area contributed by atoms with Crippen molar-refractivity contribution in [1.29, 1.82) is 0 Å². The van der Waals surface area contributed by atoms with Crippen molar-refractivity contribution in [3.05, 3.63) is 87.8 Å². The fourth-order valence-electron chi connectivity index (χ4n) is 5.11. The molecule has 6 rings (SSSR count). The third kappa shape index (κ3) is 4.22. The summed E-state index contributed by atoms with van der Waals surface area (Å²) in [5.41, 5.74) is 3.24. The lowest BCUT2D eigenvalue weighted by Crippen LogP contribution is -2.38. The van der Waals surface area contributed by atoms with Crippen molar-refractivity contribution in [3.8, 4) is 11.5 Å². The van der Waals surface area contributed by atoms with Gasteiger partial charge in [-0.05, 0) is 53.1 Å². The lowest BCUT2D eigenvalue weighted by molar-refractivity contribution is 0.0731. The Morgan fingerprint density at radius 2 is 1.92 bits per heavy atom. The minimum absolute atomic E-state index is 0.0633. The molecule has 1 amide bonds. The van der Waals surface area contributed by atoms with Crippen LogP contribution in [0.4, 0.5) is 5.00 Å². The van der Waals surface area contributed by atoms with E-state index in [9.17, 15) is 9.59 Å². The summed E-state index contributed by atoms with van der Waals surface area (Å²) in [4.78, 5) is 29.8. The number of fused-ring (bicyclic) bond motifs is 4. The Morgan fingerprint density at radius 1 is 1.08 bits per heavy atom. The zero-order valence-electron chi connectivity index (χ0n) is 20.7. The highest BCUT2D eigenvalue weighted by molar-refractivity contribution is 7.16. The van der Waals surface area contributed by atoms with Crippen LogP contribution in [0.3, 0.4) is 0 Å². The number of likely N-dealkylation sites (N-methyl/N-ethyl adjacent to an activating group) is 1. The summed E-state index contributed by atoms with van der Waals surface area (Å²) in [6.45, 7) is 5.02. The maximum Gasteiger partial charge on any atom is 0.344 e. The first-order valence-corrected chi connectivity index (χ1v) is 13.2. The Labute approximate surface area is 219 Å². The van der Waals surface area contributed by atoms with E-state index in [1.165, 1.54) is 17.6 Å². The van der Waals surface area contributed by atoms with Gasteiger partial charge in [-0.15, -0.1) is 11.3 Å². The fourth-order valence-corrected chi connectivity index (χ4v) is 6.43. The molecule has 0 saturated carbocycles. The van der Waals surface area contributed by atoms with E-state index in [1.54, 1.807) is 29.5 Å². The van der Waals surface area contributed by atoms with Gasteiger partial charge in [0.05, 0.1) is 18.2 Å². The minimum atomic E-state index is -0.457. The number of hydrogen-bond acceptors (Lipinski definition) is 7. The summed E-state index contributed by atoms with van der Waals surface area (Å²) in [5.74, 6) is 0.212. The molecule has 0 spiro atoms. The van der Waals surface area contributed by atoms with Gasteiger partial charge in [-0.25, -0.2) is 4.79 Å². The van der Waals surface area contributed by atoms with Crippen molar-refractivity contribution in [1.82, 2.24) is 10.2 Å². The van der Waals surface area contributed by atoms with Crippen LogP contribution in [-0.2, 0) is 13.0 Å². The van der Waals surface area contributed by atoms with Gasteiger partial charge in [0.1, 0.15) is 11.2 Å². The smallest absolute Gasteiger partial charge is 0.344 e. The first kappa shape index (κ1) is 23.5. The van der Waals surface area contributed by atoms with Crippen molar-refractivity contribution in [2.45, 2.75) is 26.1 Å². The van der Waals surface area contributed by atoms with Gasteiger partial charge < -0.3 is 20.1 Å². The minimum Gasteiger partial charge on any atom is -0.493 e. The van der Waals surface area contributed by atoms with Gasteiger partial charge in [0.2, 0.25) is 0 Å². The topological polar surface area (TPSA) is 79.9 Å². The molecule has 3 heterocycles. The molecular formula is C29H27N3O4S. The summed E-state index contributed by atoms with van der Waals surface area (Å²) in [6, 6.07) is 18.6. The molecule has 4 aromatic rings. The molecule has 0 unspecified atom stereocenters. The molecule has 188 valence electrons. The monoisotopic (exact) mass is 513 g/mol. The SMILES string of the molecule is CCN1CCc2c(sc3c2C(=O)N[C@H](c2ccc(OC(=O)c4cccc5ccccc45)c(OC)c2)N3)C1. The van der Waals surface area contributed by atoms with Crippen LogP contribution in [0.25, 0.3) is 10.8 Å². The van der Waals surface area contributed by atoms with Crippen LogP contribution in [0.1, 0.15) is 49.8 Å². The largest absolute Gasteiger partial charge is 0.493 e. The van der Waals surface area contributed by atoms with Crippen molar-refractivity contribution in [2.75, 3.05) is 25.5 Å². The summed E-state index contributed by atoms with van der Waals surface area (Å²) < 4.78 is 11.3. The first-order valence-electron chi connectivity index (χ1n) is 12.4. The quantitative estimate of drug-likeness (QED) is 0.276. The van der Waals surface area contributed by atoms with E-state index in [2.05, 4.69) is 22.5 Å². The first-order chi connectivity index (χ1) is 18.1. The number of nitrogens with one attached hydrogen (secondary N) is 2. The molecule has 0 saturated heterocycles. The number of carbonyl (C=O) groups excluding carboxylic acids is 2. The number of nitrogens with zero attached hydrogens (tertiary/aromatic N) is 1. The molecule has 1 atom stereocenters. The summed E-state index contributed by atoms with van der Waals surface area (Å²) in [5, 5.41) is 9.29. The molecule has 2 aliphatic heterocycles. The second kappa shape index (κ2) is 9.53. The van der Waals surface area contributed by atoms with Gasteiger partial charge >= 0.3 is 5.97 Å². The zero-order chi connectivity index (χ0) is 25.5. The highest BCUT2D eigenvalue weighted by atomic mass is 32.1. The van der Waals surface area contributed by atoms with Crippen LogP contribution < -0.4 is 20.1 Å². The van der Waals surface area contributed by atoms with Gasteiger partial charge in [-0.2, -0.15) is 0 Å². The van der Waals surface area contributed by atoms with Crippen molar-refractivity contribution in [3.63, 3.8) is 0 Å². The summed E-state index contributed by atoms with van der Waals surface area (Å²) in [7, 11) is 1.53. The number of rotatable bonds is 5. The molecule has 0 bridgehead atoms. The number of benzene rings is 3. The zero-order valence-corrected chi connectivity index (χ0v) is 21.5.